The second-order valence-corrected chi connectivity index (χ2v) is 7.35. The maximum Gasteiger partial charge on any atom is 0.282 e. The van der Waals surface area contributed by atoms with E-state index >= 15 is 0 Å². The van der Waals surface area contributed by atoms with Gasteiger partial charge in [-0.1, -0.05) is 29.5 Å². The summed E-state index contributed by atoms with van der Waals surface area (Å²) in [6.45, 7) is 0.930. The smallest absolute Gasteiger partial charge is 0.282 e. The third kappa shape index (κ3) is 3.95. The van der Waals surface area contributed by atoms with E-state index in [4.69, 9.17) is 4.74 Å². The first-order valence-corrected chi connectivity index (χ1v) is 9.37. The number of methoxy groups -OCH3 is 1. The van der Waals surface area contributed by atoms with Gasteiger partial charge in [0, 0.05) is 19.2 Å². The lowest BCUT2D eigenvalue weighted by atomic mass is 10.1. The van der Waals surface area contributed by atoms with Crippen LogP contribution >= 0.6 is 11.3 Å². The molecule has 146 valence electrons. The number of hydrogen-bond acceptors (Lipinski definition) is 7. The summed E-state index contributed by atoms with van der Waals surface area (Å²) in [5.74, 6) is 0.165. The van der Waals surface area contributed by atoms with Gasteiger partial charge >= 0.3 is 0 Å². The summed E-state index contributed by atoms with van der Waals surface area (Å²) in [7, 11) is 5.36. The third-order valence-corrected chi connectivity index (χ3v) is 5.21. The molecular formula is C19H20N4O4S. The Hall–Kier alpha value is -3.04. The Morgan fingerprint density at radius 2 is 1.93 bits per heavy atom. The molecule has 1 heterocycles. The van der Waals surface area contributed by atoms with Crippen LogP contribution in [-0.2, 0) is 0 Å². The largest absolute Gasteiger partial charge is 0.494 e. The molecule has 28 heavy (non-hydrogen) atoms. The van der Waals surface area contributed by atoms with E-state index in [9.17, 15) is 14.9 Å². The Bertz CT molecular complexity index is 1020. The second kappa shape index (κ2) is 8.32. The molecular weight excluding hydrogens is 380 g/mol. The molecule has 0 bridgehead atoms. The molecule has 0 radical (unpaired) electrons. The molecule has 0 atom stereocenters. The molecule has 0 unspecified atom stereocenters. The minimum Gasteiger partial charge on any atom is -0.494 e. The van der Waals surface area contributed by atoms with Crippen LogP contribution in [-0.4, -0.2) is 55.0 Å². The predicted molar refractivity (Wildman–Crippen MR) is 109 cm³/mol. The number of hydrogen-bond donors (Lipinski definition) is 0. The van der Waals surface area contributed by atoms with E-state index < -0.39 is 10.8 Å². The van der Waals surface area contributed by atoms with Crippen molar-refractivity contribution in [1.29, 1.82) is 0 Å². The number of nitrogens with zero attached hydrogens (tertiary/aromatic N) is 4. The summed E-state index contributed by atoms with van der Waals surface area (Å²) in [6.07, 6.45) is 0. The van der Waals surface area contributed by atoms with Gasteiger partial charge in [0.2, 0.25) is 0 Å². The van der Waals surface area contributed by atoms with E-state index in [0.717, 1.165) is 4.70 Å². The van der Waals surface area contributed by atoms with E-state index in [0.29, 0.717) is 29.5 Å². The van der Waals surface area contributed by atoms with Crippen molar-refractivity contribution in [2.75, 3.05) is 39.2 Å². The molecule has 0 saturated carbocycles. The van der Waals surface area contributed by atoms with Gasteiger partial charge in [0.05, 0.1) is 16.7 Å². The van der Waals surface area contributed by atoms with Gasteiger partial charge < -0.3 is 9.64 Å². The molecule has 0 aliphatic rings. The molecule has 1 aromatic heterocycles. The summed E-state index contributed by atoms with van der Waals surface area (Å²) in [4.78, 5) is 32.1. The molecule has 9 heteroatoms. The normalized spacial score (nSPS) is 11.0. The predicted octanol–water partition coefficient (Wildman–Crippen LogP) is 3.42. The van der Waals surface area contributed by atoms with E-state index in [-0.39, 0.29) is 11.3 Å². The van der Waals surface area contributed by atoms with Gasteiger partial charge in [-0.2, -0.15) is 0 Å². The molecule has 0 saturated heterocycles. The number of ether oxygens (including phenoxy) is 1. The zero-order valence-electron chi connectivity index (χ0n) is 15.8. The Labute approximate surface area is 166 Å². The summed E-state index contributed by atoms with van der Waals surface area (Å²) >= 11 is 1.35. The fraction of sp³-hybridized carbons (Fsp3) is 0.263. The van der Waals surface area contributed by atoms with Crippen molar-refractivity contribution in [2.24, 2.45) is 0 Å². The van der Waals surface area contributed by atoms with Gasteiger partial charge in [0.15, 0.2) is 5.13 Å². The molecule has 8 nitrogen and oxygen atoms in total. The molecule has 3 aromatic rings. The zero-order chi connectivity index (χ0) is 20.3. The Kier molecular flexibility index (Phi) is 5.86. The number of carbonyl (C=O) groups is 1. The minimum atomic E-state index is -0.543. The van der Waals surface area contributed by atoms with Crippen LogP contribution in [0.1, 0.15) is 10.4 Å². The van der Waals surface area contributed by atoms with Crippen LogP contribution in [0.5, 0.6) is 5.75 Å². The van der Waals surface area contributed by atoms with Crippen molar-refractivity contribution >= 4 is 38.3 Å². The topological polar surface area (TPSA) is 88.8 Å². The van der Waals surface area contributed by atoms with E-state index in [1.807, 2.05) is 31.1 Å². The van der Waals surface area contributed by atoms with Crippen molar-refractivity contribution in [3.8, 4) is 5.75 Å². The highest BCUT2D eigenvalue weighted by molar-refractivity contribution is 7.22. The molecule has 0 fully saturated rings. The molecule has 0 aliphatic carbocycles. The number of anilines is 1. The number of nitro benzene ring substituents is 1. The maximum absolute atomic E-state index is 13.3. The van der Waals surface area contributed by atoms with Crippen LogP contribution in [0.2, 0.25) is 0 Å². The molecule has 0 N–H and O–H groups in total. The summed E-state index contributed by atoms with van der Waals surface area (Å²) in [5, 5.41) is 11.8. The van der Waals surface area contributed by atoms with Crippen LogP contribution in [0.25, 0.3) is 10.2 Å². The Morgan fingerprint density at radius 1 is 1.18 bits per heavy atom. The van der Waals surface area contributed by atoms with Gasteiger partial charge in [-0.25, -0.2) is 4.98 Å². The monoisotopic (exact) mass is 400 g/mol. The van der Waals surface area contributed by atoms with Gasteiger partial charge in [-0.3, -0.25) is 19.8 Å². The quantitative estimate of drug-likeness (QED) is 0.446. The average Bonchev–Trinajstić information content (AvgIpc) is 3.11. The van der Waals surface area contributed by atoms with Crippen molar-refractivity contribution in [1.82, 2.24) is 9.88 Å². The van der Waals surface area contributed by atoms with Crippen LogP contribution in [0, 0.1) is 10.1 Å². The first-order valence-electron chi connectivity index (χ1n) is 8.56. The lowest BCUT2D eigenvalue weighted by molar-refractivity contribution is -0.385. The molecule has 2 aromatic carbocycles. The number of rotatable bonds is 7. The van der Waals surface area contributed by atoms with Crippen molar-refractivity contribution < 1.29 is 14.5 Å². The number of amides is 1. The number of carbonyl (C=O) groups excluding carboxylic acids is 1. The number of fused-ring (bicyclic) bond motifs is 1. The van der Waals surface area contributed by atoms with Gasteiger partial charge in [-0.05, 0) is 32.3 Å². The number of benzene rings is 2. The van der Waals surface area contributed by atoms with Crippen LogP contribution in [0.4, 0.5) is 10.8 Å². The number of aromatic nitrogens is 1. The standard InChI is InChI=1S/C19H20N4O4S/c1-21(2)11-12-22(18(24)13-7-4-5-8-14(13)23(25)26)19-20-17-15(27-3)9-6-10-16(17)28-19/h4-10H,11-12H2,1-3H3. The minimum absolute atomic E-state index is 0.0393. The fourth-order valence-corrected chi connectivity index (χ4v) is 3.74. The average molecular weight is 400 g/mol. The van der Waals surface area contributed by atoms with E-state index in [1.165, 1.54) is 28.4 Å². The fourth-order valence-electron chi connectivity index (χ4n) is 2.73. The van der Waals surface area contributed by atoms with Crippen LogP contribution in [0.15, 0.2) is 42.5 Å². The van der Waals surface area contributed by atoms with E-state index in [1.54, 1.807) is 25.3 Å². The van der Waals surface area contributed by atoms with Gasteiger partial charge in [0.1, 0.15) is 16.8 Å². The Morgan fingerprint density at radius 3 is 2.61 bits per heavy atom. The summed E-state index contributed by atoms with van der Waals surface area (Å²) in [6, 6.07) is 11.5. The number of thiazole rings is 1. The summed E-state index contributed by atoms with van der Waals surface area (Å²) in [5.41, 5.74) is 0.480. The van der Waals surface area contributed by atoms with Crippen molar-refractivity contribution in [2.45, 2.75) is 0 Å². The highest BCUT2D eigenvalue weighted by Gasteiger charge is 2.27. The first-order chi connectivity index (χ1) is 13.4. The van der Waals surface area contributed by atoms with Crippen LogP contribution < -0.4 is 9.64 Å². The van der Waals surface area contributed by atoms with Gasteiger partial charge in [0.25, 0.3) is 11.6 Å². The van der Waals surface area contributed by atoms with Crippen molar-refractivity contribution in [3.63, 3.8) is 0 Å². The zero-order valence-corrected chi connectivity index (χ0v) is 16.6. The van der Waals surface area contributed by atoms with Crippen LogP contribution in [0.3, 0.4) is 0 Å². The molecule has 3 rings (SSSR count). The first kappa shape index (κ1) is 19.7. The maximum atomic E-state index is 13.3. The summed E-state index contributed by atoms with van der Waals surface area (Å²) < 4.78 is 6.23. The van der Waals surface area contributed by atoms with E-state index in [2.05, 4.69) is 4.98 Å². The Balaban J connectivity index is 2.07. The van der Waals surface area contributed by atoms with Gasteiger partial charge in [-0.15, -0.1) is 0 Å². The third-order valence-electron chi connectivity index (χ3n) is 4.17. The van der Waals surface area contributed by atoms with Crippen molar-refractivity contribution in [3.05, 3.63) is 58.1 Å². The number of nitro groups is 1. The lowest BCUT2D eigenvalue weighted by Gasteiger charge is -2.21. The molecule has 0 aliphatic heterocycles. The number of para-hydroxylation sites is 2. The lowest BCUT2D eigenvalue weighted by Crippen LogP contribution is -2.37. The molecule has 0 spiro atoms. The molecule has 1 amide bonds. The highest BCUT2D eigenvalue weighted by atomic mass is 32.1. The SMILES string of the molecule is COc1cccc2sc(N(CCN(C)C)C(=O)c3ccccc3[N+](=O)[O-])nc12. The number of likely N-dealkylation sites (N-methyl/N-ethyl adjacent to an activating group) is 1. The second-order valence-electron chi connectivity index (χ2n) is 6.34. The highest BCUT2D eigenvalue weighted by Crippen LogP contribution is 2.35.